The average molecular weight is 300 g/mol. The molecule has 2 rings (SSSR count). The van der Waals surface area contributed by atoms with Gasteiger partial charge in [-0.3, -0.25) is 14.6 Å². The molecular weight excluding hydrogens is 280 g/mol. The SMILES string of the molecule is CC(C)CN1CC(C(=O)NCc2cncc(C#N)c2)CC1=O. The highest BCUT2D eigenvalue weighted by molar-refractivity contribution is 5.89. The van der Waals surface area contributed by atoms with Crippen molar-refractivity contribution >= 4 is 11.8 Å². The Hall–Kier alpha value is -2.42. The number of nitrogens with zero attached hydrogens (tertiary/aromatic N) is 3. The van der Waals surface area contributed by atoms with E-state index >= 15 is 0 Å². The number of carbonyl (C=O) groups is 2. The molecule has 0 radical (unpaired) electrons. The third-order valence-electron chi connectivity index (χ3n) is 3.56. The smallest absolute Gasteiger partial charge is 0.225 e. The van der Waals surface area contributed by atoms with E-state index in [1.54, 1.807) is 17.2 Å². The minimum Gasteiger partial charge on any atom is -0.352 e. The van der Waals surface area contributed by atoms with Crippen LogP contribution in [0.1, 0.15) is 31.4 Å². The highest BCUT2D eigenvalue weighted by Gasteiger charge is 2.34. The van der Waals surface area contributed by atoms with Crippen LogP contribution in [0, 0.1) is 23.2 Å². The molecular formula is C16H20N4O2. The zero-order valence-corrected chi connectivity index (χ0v) is 12.9. The Morgan fingerprint density at radius 2 is 2.32 bits per heavy atom. The molecule has 116 valence electrons. The second kappa shape index (κ2) is 7.03. The van der Waals surface area contributed by atoms with Crippen LogP contribution in [0.5, 0.6) is 0 Å². The van der Waals surface area contributed by atoms with E-state index in [0.29, 0.717) is 31.1 Å². The fraction of sp³-hybridized carbons (Fsp3) is 0.500. The van der Waals surface area contributed by atoms with E-state index in [1.807, 2.05) is 6.07 Å². The molecule has 1 atom stereocenters. The summed E-state index contributed by atoms with van der Waals surface area (Å²) in [6, 6.07) is 3.71. The summed E-state index contributed by atoms with van der Waals surface area (Å²) in [5.74, 6) is 0.0212. The topological polar surface area (TPSA) is 86.1 Å². The summed E-state index contributed by atoms with van der Waals surface area (Å²) in [5, 5.41) is 11.6. The molecule has 0 saturated carbocycles. The van der Waals surface area contributed by atoms with E-state index in [4.69, 9.17) is 5.26 Å². The third-order valence-corrected chi connectivity index (χ3v) is 3.56. The van der Waals surface area contributed by atoms with Crippen molar-refractivity contribution in [3.63, 3.8) is 0 Å². The Kier molecular flexibility index (Phi) is 5.10. The van der Waals surface area contributed by atoms with Crippen LogP contribution in [0.3, 0.4) is 0 Å². The average Bonchev–Trinajstić information content (AvgIpc) is 2.85. The number of amides is 2. The first-order valence-corrected chi connectivity index (χ1v) is 7.39. The number of hydrogen-bond donors (Lipinski definition) is 1. The summed E-state index contributed by atoms with van der Waals surface area (Å²) >= 11 is 0. The van der Waals surface area contributed by atoms with Crippen LogP contribution in [-0.2, 0) is 16.1 Å². The quantitative estimate of drug-likeness (QED) is 0.881. The van der Waals surface area contributed by atoms with Crippen LogP contribution in [0.25, 0.3) is 0 Å². The number of rotatable bonds is 5. The van der Waals surface area contributed by atoms with Crippen LogP contribution in [0.15, 0.2) is 18.5 Å². The summed E-state index contributed by atoms with van der Waals surface area (Å²) in [5.41, 5.74) is 1.24. The van der Waals surface area contributed by atoms with Gasteiger partial charge in [0.25, 0.3) is 0 Å². The first-order chi connectivity index (χ1) is 10.5. The Morgan fingerprint density at radius 3 is 3.00 bits per heavy atom. The maximum atomic E-state index is 12.2. The van der Waals surface area contributed by atoms with Crippen molar-refractivity contribution in [2.75, 3.05) is 13.1 Å². The summed E-state index contributed by atoms with van der Waals surface area (Å²) in [4.78, 5) is 29.8. The van der Waals surface area contributed by atoms with Crippen molar-refractivity contribution in [1.29, 1.82) is 5.26 Å². The predicted octanol–water partition coefficient (Wildman–Crippen LogP) is 1.07. The van der Waals surface area contributed by atoms with Gasteiger partial charge in [-0.25, -0.2) is 0 Å². The van der Waals surface area contributed by atoms with Crippen molar-refractivity contribution in [1.82, 2.24) is 15.2 Å². The van der Waals surface area contributed by atoms with Gasteiger partial charge in [0.05, 0.1) is 11.5 Å². The molecule has 1 aliphatic rings. The van der Waals surface area contributed by atoms with E-state index in [9.17, 15) is 9.59 Å². The van der Waals surface area contributed by atoms with Crippen molar-refractivity contribution in [2.24, 2.45) is 11.8 Å². The third kappa shape index (κ3) is 4.04. The molecule has 0 aromatic carbocycles. The molecule has 6 heteroatoms. The second-order valence-corrected chi connectivity index (χ2v) is 6.01. The number of pyridine rings is 1. The largest absolute Gasteiger partial charge is 0.352 e. The molecule has 2 heterocycles. The van der Waals surface area contributed by atoms with Gasteiger partial charge < -0.3 is 10.2 Å². The first-order valence-electron chi connectivity index (χ1n) is 7.39. The summed E-state index contributed by atoms with van der Waals surface area (Å²) in [7, 11) is 0. The Morgan fingerprint density at radius 1 is 1.55 bits per heavy atom. The lowest BCUT2D eigenvalue weighted by molar-refractivity contribution is -0.129. The van der Waals surface area contributed by atoms with E-state index in [1.165, 1.54) is 6.20 Å². The molecule has 0 aliphatic carbocycles. The molecule has 1 aromatic heterocycles. The minimum absolute atomic E-state index is 0.0435. The first kappa shape index (κ1) is 16.0. The van der Waals surface area contributed by atoms with Gasteiger partial charge in [-0.15, -0.1) is 0 Å². The van der Waals surface area contributed by atoms with Crippen molar-refractivity contribution in [3.8, 4) is 6.07 Å². The fourth-order valence-electron chi connectivity index (χ4n) is 2.54. The number of nitriles is 1. The van der Waals surface area contributed by atoms with Crippen molar-refractivity contribution < 1.29 is 9.59 Å². The van der Waals surface area contributed by atoms with Crippen molar-refractivity contribution in [3.05, 3.63) is 29.6 Å². The van der Waals surface area contributed by atoms with Gasteiger partial charge in [0.2, 0.25) is 11.8 Å². The van der Waals surface area contributed by atoms with Gasteiger partial charge in [-0.1, -0.05) is 13.8 Å². The number of aromatic nitrogens is 1. The molecule has 1 saturated heterocycles. The van der Waals surface area contributed by atoms with Gasteiger partial charge in [0.15, 0.2) is 0 Å². The zero-order chi connectivity index (χ0) is 16.1. The Bertz CT molecular complexity index is 606. The molecule has 0 spiro atoms. The predicted molar refractivity (Wildman–Crippen MR) is 80.3 cm³/mol. The van der Waals surface area contributed by atoms with Crippen LogP contribution < -0.4 is 5.32 Å². The molecule has 6 nitrogen and oxygen atoms in total. The maximum absolute atomic E-state index is 12.2. The minimum atomic E-state index is -0.293. The van der Waals surface area contributed by atoms with Crippen molar-refractivity contribution in [2.45, 2.75) is 26.8 Å². The number of carbonyl (C=O) groups excluding carboxylic acids is 2. The molecule has 1 aromatic rings. The highest BCUT2D eigenvalue weighted by atomic mass is 16.2. The molecule has 1 fully saturated rings. The lowest BCUT2D eigenvalue weighted by Gasteiger charge is -2.18. The second-order valence-electron chi connectivity index (χ2n) is 6.01. The van der Waals surface area contributed by atoms with Crippen LogP contribution in [-0.4, -0.2) is 34.8 Å². The lowest BCUT2D eigenvalue weighted by Crippen LogP contribution is -2.33. The molecule has 1 N–H and O–H groups in total. The summed E-state index contributed by atoms with van der Waals surface area (Å²) in [6.45, 7) is 5.60. The molecule has 1 unspecified atom stereocenters. The monoisotopic (exact) mass is 300 g/mol. The van der Waals surface area contributed by atoms with Gasteiger partial charge in [-0.2, -0.15) is 5.26 Å². The molecule has 2 amide bonds. The van der Waals surface area contributed by atoms with Gasteiger partial charge in [0, 0.05) is 38.4 Å². The summed E-state index contributed by atoms with van der Waals surface area (Å²) < 4.78 is 0. The molecule has 22 heavy (non-hydrogen) atoms. The van der Waals surface area contributed by atoms with Crippen LogP contribution in [0.2, 0.25) is 0 Å². The highest BCUT2D eigenvalue weighted by Crippen LogP contribution is 2.19. The van der Waals surface area contributed by atoms with Gasteiger partial charge in [-0.05, 0) is 17.5 Å². The van der Waals surface area contributed by atoms with E-state index in [0.717, 1.165) is 5.56 Å². The lowest BCUT2D eigenvalue weighted by atomic mass is 10.1. The van der Waals surface area contributed by atoms with Gasteiger partial charge >= 0.3 is 0 Å². The van der Waals surface area contributed by atoms with E-state index in [-0.39, 0.29) is 24.2 Å². The van der Waals surface area contributed by atoms with E-state index < -0.39 is 0 Å². The normalized spacial score (nSPS) is 17.6. The molecule has 0 bridgehead atoms. The van der Waals surface area contributed by atoms with E-state index in [2.05, 4.69) is 24.1 Å². The summed E-state index contributed by atoms with van der Waals surface area (Å²) in [6.07, 6.45) is 3.37. The molecule has 1 aliphatic heterocycles. The Labute approximate surface area is 130 Å². The number of hydrogen-bond acceptors (Lipinski definition) is 4. The van der Waals surface area contributed by atoms with Crippen LogP contribution >= 0.6 is 0 Å². The standard InChI is InChI=1S/C16H20N4O2/c1-11(2)9-20-10-14(4-15(20)21)16(22)19-8-13-3-12(5-17)6-18-7-13/h3,6-7,11,14H,4,8-10H2,1-2H3,(H,19,22). The maximum Gasteiger partial charge on any atom is 0.225 e. The number of nitrogens with one attached hydrogen (secondary N) is 1. The Balaban J connectivity index is 1.88. The van der Waals surface area contributed by atoms with Crippen LogP contribution in [0.4, 0.5) is 0 Å². The van der Waals surface area contributed by atoms with Gasteiger partial charge in [0.1, 0.15) is 6.07 Å². The fourth-order valence-corrected chi connectivity index (χ4v) is 2.54. The number of likely N-dealkylation sites (tertiary alicyclic amines) is 1. The zero-order valence-electron chi connectivity index (χ0n) is 12.9.